The molecular weight excluding hydrogens is 208 g/mol. The molecule has 2 unspecified atom stereocenters. The molecule has 0 aliphatic rings. The Morgan fingerprint density at radius 1 is 1.50 bits per heavy atom. The Bertz CT molecular complexity index is 226. The van der Waals surface area contributed by atoms with Gasteiger partial charge in [0, 0.05) is 6.42 Å². The predicted molar refractivity (Wildman–Crippen MR) is 52.7 cm³/mol. The van der Waals surface area contributed by atoms with E-state index in [0.717, 1.165) is 0 Å². The zero-order chi connectivity index (χ0) is 11.1. The van der Waals surface area contributed by atoms with Gasteiger partial charge in [-0.1, -0.05) is 6.92 Å². The van der Waals surface area contributed by atoms with Crippen LogP contribution in [0.1, 0.15) is 20.3 Å². The first-order valence-electron chi connectivity index (χ1n) is 4.16. The van der Waals surface area contributed by atoms with E-state index in [1.54, 1.807) is 13.8 Å². The second-order valence-corrected chi connectivity index (χ2v) is 3.71. The zero-order valence-electron chi connectivity index (χ0n) is 8.77. The third kappa shape index (κ3) is 3.75. The fourth-order valence-electron chi connectivity index (χ4n) is 0.918. The van der Waals surface area contributed by atoms with E-state index >= 15 is 0 Å². The van der Waals surface area contributed by atoms with Gasteiger partial charge in [0.2, 0.25) is 0 Å². The van der Waals surface area contributed by atoms with Crippen LogP contribution in [0.25, 0.3) is 0 Å². The minimum Gasteiger partial charge on any atom is -0.511 e. The number of allylic oxidation sites excluding steroid dienone is 1. The molecule has 0 aromatic carbocycles. The summed E-state index contributed by atoms with van der Waals surface area (Å²) < 4.78 is 16.0. The predicted octanol–water partition coefficient (Wildman–Crippen LogP) is 1.44. The van der Waals surface area contributed by atoms with Gasteiger partial charge < -0.3 is 5.11 Å². The smallest absolute Gasteiger partial charge is 0.190 e. The van der Waals surface area contributed by atoms with Crippen LogP contribution in [0.2, 0.25) is 0 Å². The van der Waals surface area contributed by atoms with Crippen molar-refractivity contribution in [3.63, 3.8) is 0 Å². The highest BCUT2D eigenvalue weighted by Gasteiger charge is 2.21. The number of aliphatic hydroxyl groups excluding tert-OH is 1. The molecule has 0 bridgehead atoms. The Kier molecular flexibility index (Phi) is 6.73. The van der Waals surface area contributed by atoms with Crippen LogP contribution in [0.3, 0.4) is 0 Å². The third-order valence-corrected chi connectivity index (χ3v) is 2.79. The zero-order valence-corrected chi connectivity index (χ0v) is 9.59. The molecule has 2 atom stereocenters. The molecule has 0 saturated carbocycles. The molecule has 1 N–H and O–H groups in total. The highest BCUT2D eigenvalue weighted by molar-refractivity contribution is 7.84. The summed E-state index contributed by atoms with van der Waals surface area (Å²) in [7, 11) is 2.63. The molecule has 0 rings (SSSR count). The van der Waals surface area contributed by atoms with Crippen LogP contribution in [0.15, 0.2) is 10.7 Å². The summed E-state index contributed by atoms with van der Waals surface area (Å²) in [6.45, 7) is 3.35. The van der Waals surface area contributed by atoms with E-state index < -0.39 is 17.2 Å². The summed E-state index contributed by atoms with van der Waals surface area (Å²) >= 11 is -1.70. The first-order valence-corrected chi connectivity index (χ1v) is 5.23. The normalized spacial score (nSPS) is 17.4. The first kappa shape index (κ1) is 13.6. The number of rotatable bonds is 6. The van der Waals surface area contributed by atoms with Gasteiger partial charge in [-0.2, -0.15) is 0 Å². The lowest BCUT2D eigenvalue weighted by molar-refractivity contribution is -0.290. The van der Waals surface area contributed by atoms with Crippen molar-refractivity contribution >= 4 is 11.1 Å². The maximum Gasteiger partial charge on any atom is 0.190 e. The van der Waals surface area contributed by atoms with Crippen molar-refractivity contribution in [2.45, 2.75) is 26.4 Å². The van der Waals surface area contributed by atoms with Gasteiger partial charge >= 0.3 is 0 Å². The maximum absolute atomic E-state index is 11.4. The van der Waals surface area contributed by atoms with Crippen molar-refractivity contribution in [3.05, 3.63) is 10.7 Å². The maximum atomic E-state index is 11.4. The van der Waals surface area contributed by atoms with Crippen LogP contribution in [-0.2, 0) is 25.0 Å². The van der Waals surface area contributed by atoms with Gasteiger partial charge in [0.1, 0.15) is 16.8 Å². The molecule has 0 fully saturated rings. The summed E-state index contributed by atoms with van der Waals surface area (Å²) in [5.74, 6) is -0.00488. The molecule has 84 valence electrons. The van der Waals surface area contributed by atoms with E-state index in [-0.39, 0.29) is 10.7 Å². The summed E-state index contributed by atoms with van der Waals surface area (Å²) in [5, 5.41) is 9.49. The number of aliphatic hydroxyl groups is 1. The second kappa shape index (κ2) is 6.94. The lowest BCUT2D eigenvalue weighted by atomic mass is 10.3. The molecule has 6 heteroatoms. The topological polar surface area (TPSA) is 65.0 Å². The van der Waals surface area contributed by atoms with Crippen LogP contribution < -0.4 is 0 Å². The minimum absolute atomic E-state index is 0.00488. The van der Waals surface area contributed by atoms with Gasteiger partial charge in [-0.25, -0.2) is 14.0 Å². The quantitative estimate of drug-likeness (QED) is 0.420. The lowest BCUT2D eigenvalue weighted by Gasteiger charge is -2.14. The summed E-state index contributed by atoms with van der Waals surface area (Å²) in [6, 6.07) is 0. The van der Waals surface area contributed by atoms with Crippen molar-refractivity contribution in [1.29, 1.82) is 0 Å². The molecule has 14 heavy (non-hydrogen) atoms. The second-order valence-electron chi connectivity index (χ2n) is 2.47. The lowest BCUT2D eigenvalue weighted by Crippen LogP contribution is -2.17. The Balaban J connectivity index is 4.81. The van der Waals surface area contributed by atoms with E-state index in [4.69, 9.17) is 4.89 Å². The van der Waals surface area contributed by atoms with Crippen molar-refractivity contribution in [2.75, 3.05) is 14.2 Å². The molecule has 0 radical (unpaired) electrons. The Hall–Kier alpha value is -0.430. The van der Waals surface area contributed by atoms with Crippen LogP contribution in [0.5, 0.6) is 0 Å². The van der Waals surface area contributed by atoms with E-state index in [1.807, 2.05) is 0 Å². The fraction of sp³-hybridized carbons (Fsp3) is 0.750. The van der Waals surface area contributed by atoms with E-state index in [2.05, 4.69) is 9.07 Å². The van der Waals surface area contributed by atoms with Crippen molar-refractivity contribution in [1.82, 2.24) is 0 Å². The number of hydrogen-bond acceptors (Lipinski definition) is 5. The van der Waals surface area contributed by atoms with E-state index in [9.17, 15) is 9.32 Å². The molecule has 0 aromatic rings. The van der Waals surface area contributed by atoms with Gasteiger partial charge in [-0.15, -0.1) is 0 Å². The fourth-order valence-corrected chi connectivity index (χ4v) is 1.74. The molecule has 0 heterocycles. The first-order chi connectivity index (χ1) is 6.58. The van der Waals surface area contributed by atoms with Crippen LogP contribution in [0.4, 0.5) is 0 Å². The minimum atomic E-state index is -1.70. The average Bonchev–Trinajstić information content (AvgIpc) is 2.17. The van der Waals surface area contributed by atoms with Gasteiger partial charge in [0.05, 0.1) is 14.2 Å². The van der Waals surface area contributed by atoms with Gasteiger partial charge in [-0.05, 0) is 6.92 Å². The molecule has 0 aromatic heterocycles. The highest BCUT2D eigenvalue weighted by Crippen LogP contribution is 2.17. The SMILES string of the molecule is CC/C(O)=C(/C(C)OOC)S(=O)OC. The van der Waals surface area contributed by atoms with Gasteiger partial charge in [0.25, 0.3) is 0 Å². The monoisotopic (exact) mass is 224 g/mol. The largest absolute Gasteiger partial charge is 0.511 e. The molecule has 0 aliphatic heterocycles. The van der Waals surface area contributed by atoms with Gasteiger partial charge in [-0.3, -0.25) is 4.18 Å². The third-order valence-electron chi connectivity index (χ3n) is 1.56. The Morgan fingerprint density at radius 3 is 2.43 bits per heavy atom. The molecule has 0 saturated heterocycles. The highest BCUT2D eigenvalue weighted by atomic mass is 32.2. The van der Waals surface area contributed by atoms with E-state index in [0.29, 0.717) is 6.42 Å². The Labute approximate surface area is 86.3 Å². The summed E-state index contributed by atoms with van der Waals surface area (Å²) in [5.41, 5.74) is 0. The molecule has 0 spiro atoms. The number of hydrogen-bond donors (Lipinski definition) is 1. The van der Waals surface area contributed by atoms with Crippen molar-refractivity contribution in [2.24, 2.45) is 0 Å². The standard InChI is InChI=1S/C8H16O5S/c1-5-7(9)8(14(10)12-4)6(2)13-11-3/h6,9H,5H2,1-4H3/b8-7+. The van der Waals surface area contributed by atoms with Gasteiger partial charge in [0.15, 0.2) is 11.1 Å². The Morgan fingerprint density at radius 2 is 2.07 bits per heavy atom. The summed E-state index contributed by atoms with van der Waals surface area (Å²) in [4.78, 5) is 9.39. The van der Waals surface area contributed by atoms with Crippen LogP contribution in [-0.4, -0.2) is 29.6 Å². The van der Waals surface area contributed by atoms with Crippen LogP contribution in [0, 0.1) is 0 Å². The van der Waals surface area contributed by atoms with Crippen LogP contribution >= 0.6 is 0 Å². The summed E-state index contributed by atoms with van der Waals surface area (Å²) in [6.07, 6.45) is -0.247. The van der Waals surface area contributed by atoms with E-state index in [1.165, 1.54) is 14.2 Å². The molecule has 0 aliphatic carbocycles. The molecule has 0 amide bonds. The van der Waals surface area contributed by atoms with Crippen molar-refractivity contribution < 1.29 is 23.3 Å². The molecular formula is C8H16O5S. The molecule has 5 nitrogen and oxygen atoms in total. The van der Waals surface area contributed by atoms with Crippen molar-refractivity contribution in [3.8, 4) is 0 Å². The average molecular weight is 224 g/mol.